The van der Waals surface area contributed by atoms with Gasteiger partial charge in [0.15, 0.2) is 5.69 Å². The average Bonchev–Trinajstić information content (AvgIpc) is 3.02. The number of non-ortho nitro benzene ring substituents is 1. The van der Waals surface area contributed by atoms with Crippen LogP contribution in [-0.2, 0) is 11.2 Å². The van der Waals surface area contributed by atoms with Gasteiger partial charge in [0.2, 0.25) is 5.91 Å². The average molecular weight is 334 g/mol. The number of nitrogens with one attached hydrogen (secondary N) is 1. The van der Waals surface area contributed by atoms with Gasteiger partial charge < -0.3 is 5.32 Å². The number of benzene rings is 2. The Labute approximate surface area is 144 Å². The molecule has 0 unspecified atom stereocenters. The lowest BCUT2D eigenvalue weighted by Crippen LogP contribution is -2.13. The van der Waals surface area contributed by atoms with Crippen LogP contribution in [0.2, 0.25) is 0 Å². The molecule has 0 saturated carbocycles. The highest BCUT2D eigenvalue weighted by Crippen LogP contribution is 2.31. The fourth-order valence-electron chi connectivity index (χ4n) is 2.61. The highest BCUT2D eigenvalue weighted by atomic mass is 16.6. The lowest BCUT2D eigenvalue weighted by molar-refractivity contribution is -0.384. The van der Waals surface area contributed by atoms with Crippen molar-refractivity contribution >= 4 is 34.4 Å². The van der Waals surface area contributed by atoms with Crippen LogP contribution in [0.25, 0.3) is 4.85 Å². The molecule has 2 aromatic carbocycles. The van der Waals surface area contributed by atoms with E-state index >= 15 is 0 Å². The summed E-state index contributed by atoms with van der Waals surface area (Å²) < 4.78 is 0. The van der Waals surface area contributed by atoms with Crippen LogP contribution < -0.4 is 5.32 Å². The molecule has 0 saturated heterocycles. The number of carbonyl (C=O) groups is 1. The third-order valence-corrected chi connectivity index (χ3v) is 3.87. The van der Waals surface area contributed by atoms with Crippen LogP contribution in [0.4, 0.5) is 22.7 Å². The molecule has 0 bridgehead atoms. The number of hydrogen-bond donors (Lipinski definition) is 1. The maximum absolute atomic E-state index is 12.0. The first kappa shape index (κ1) is 16.3. The van der Waals surface area contributed by atoms with Crippen LogP contribution in [0.3, 0.4) is 0 Å². The van der Waals surface area contributed by atoms with Gasteiger partial charge in [0.1, 0.15) is 0 Å². The van der Waals surface area contributed by atoms with Crippen molar-refractivity contribution in [1.82, 2.24) is 0 Å². The molecule has 25 heavy (non-hydrogen) atoms. The number of rotatable bonds is 5. The Morgan fingerprint density at radius 3 is 2.72 bits per heavy atom. The van der Waals surface area contributed by atoms with Gasteiger partial charge in [0.25, 0.3) is 5.69 Å². The zero-order chi connectivity index (χ0) is 17.8. The molecule has 7 nitrogen and oxygen atoms in total. The Kier molecular flexibility index (Phi) is 4.53. The predicted molar refractivity (Wildman–Crippen MR) is 94.5 cm³/mol. The molecule has 0 atom stereocenters. The standard InChI is InChI=1S/C18H14N4O3/c1-19-13-2-4-14(5-3-13)21-18(23)9-6-15-10-12-11-16(22(24)25)7-8-17(12)20-15/h2-5,7-8,11H,6,9-10H2,(H,21,23). The van der Waals surface area contributed by atoms with E-state index in [-0.39, 0.29) is 18.0 Å². The first-order valence-electron chi connectivity index (χ1n) is 7.66. The molecule has 2 aromatic rings. The van der Waals surface area contributed by atoms with Crippen molar-refractivity contribution in [3.8, 4) is 0 Å². The van der Waals surface area contributed by atoms with E-state index in [1.165, 1.54) is 12.1 Å². The maximum Gasteiger partial charge on any atom is 0.269 e. The highest BCUT2D eigenvalue weighted by molar-refractivity contribution is 5.98. The zero-order valence-corrected chi connectivity index (χ0v) is 13.2. The van der Waals surface area contributed by atoms with Crippen LogP contribution in [0, 0.1) is 16.7 Å². The van der Waals surface area contributed by atoms with Crippen molar-refractivity contribution in [1.29, 1.82) is 0 Å². The minimum absolute atomic E-state index is 0.0517. The molecule has 7 heteroatoms. The number of fused-ring (bicyclic) bond motifs is 1. The zero-order valence-electron chi connectivity index (χ0n) is 13.2. The predicted octanol–water partition coefficient (Wildman–Crippen LogP) is 4.19. The summed E-state index contributed by atoms with van der Waals surface area (Å²) in [4.78, 5) is 30.1. The molecule has 0 radical (unpaired) electrons. The topological polar surface area (TPSA) is 89.0 Å². The number of aliphatic imine (C=N–C) groups is 1. The number of anilines is 1. The summed E-state index contributed by atoms with van der Waals surface area (Å²) in [6.07, 6.45) is 1.30. The van der Waals surface area contributed by atoms with E-state index < -0.39 is 4.92 Å². The molecule has 1 N–H and O–H groups in total. The monoisotopic (exact) mass is 334 g/mol. The Bertz CT molecular complexity index is 911. The first-order valence-corrected chi connectivity index (χ1v) is 7.66. The second-order valence-corrected chi connectivity index (χ2v) is 5.63. The SMILES string of the molecule is [C-]#[N+]c1ccc(NC(=O)CCC2=Nc3ccc([N+](=O)[O-])cc3C2)cc1. The summed E-state index contributed by atoms with van der Waals surface area (Å²) >= 11 is 0. The molecule has 1 aliphatic heterocycles. The molecule has 3 rings (SSSR count). The van der Waals surface area contributed by atoms with Gasteiger partial charge in [-0.05, 0) is 30.2 Å². The number of amides is 1. The molecule has 1 amide bonds. The van der Waals surface area contributed by atoms with E-state index in [2.05, 4.69) is 15.2 Å². The Morgan fingerprint density at radius 1 is 1.28 bits per heavy atom. The fourth-order valence-corrected chi connectivity index (χ4v) is 2.61. The summed E-state index contributed by atoms with van der Waals surface area (Å²) in [6.45, 7) is 6.90. The quantitative estimate of drug-likeness (QED) is 0.505. The molecule has 0 spiro atoms. The van der Waals surface area contributed by atoms with E-state index in [0.29, 0.717) is 24.2 Å². The van der Waals surface area contributed by atoms with E-state index in [1.807, 2.05) is 0 Å². The summed E-state index contributed by atoms with van der Waals surface area (Å²) in [5.74, 6) is -0.139. The summed E-state index contributed by atoms with van der Waals surface area (Å²) in [6, 6.07) is 11.3. The number of carbonyl (C=O) groups excluding carboxylic acids is 1. The lowest BCUT2D eigenvalue weighted by atomic mass is 10.1. The van der Waals surface area contributed by atoms with Gasteiger partial charge in [0, 0.05) is 36.4 Å². The highest BCUT2D eigenvalue weighted by Gasteiger charge is 2.18. The van der Waals surface area contributed by atoms with Gasteiger partial charge in [0.05, 0.1) is 17.2 Å². The largest absolute Gasteiger partial charge is 0.326 e. The smallest absolute Gasteiger partial charge is 0.269 e. The molecule has 0 aromatic heterocycles. The van der Waals surface area contributed by atoms with Crippen molar-refractivity contribution in [3.05, 3.63) is 69.6 Å². The van der Waals surface area contributed by atoms with Crippen LogP contribution in [-0.4, -0.2) is 16.5 Å². The number of nitro benzene ring substituents is 1. The van der Waals surface area contributed by atoms with Gasteiger partial charge in [-0.3, -0.25) is 19.9 Å². The van der Waals surface area contributed by atoms with Crippen molar-refractivity contribution in [2.45, 2.75) is 19.3 Å². The number of hydrogen-bond acceptors (Lipinski definition) is 4. The van der Waals surface area contributed by atoms with E-state index in [4.69, 9.17) is 6.57 Å². The second kappa shape index (κ2) is 6.93. The van der Waals surface area contributed by atoms with Gasteiger partial charge >= 0.3 is 0 Å². The summed E-state index contributed by atoms with van der Waals surface area (Å²) in [5, 5.41) is 13.6. The van der Waals surface area contributed by atoms with Crippen LogP contribution in [0.15, 0.2) is 47.5 Å². The minimum atomic E-state index is -0.426. The van der Waals surface area contributed by atoms with E-state index in [1.54, 1.807) is 30.3 Å². The van der Waals surface area contributed by atoms with Crippen molar-refractivity contribution in [3.63, 3.8) is 0 Å². The molecule has 1 heterocycles. The minimum Gasteiger partial charge on any atom is -0.326 e. The van der Waals surface area contributed by atoms with Crippen LogP contribution >= 0.6 is 0 Å². The van der Waals surface area contributed by atoms with Gasteiger partial charge in [-0.15, -0.1) is 0 Å². The van der Waals surface area contributed by atoms with Gasteiger partial charge in [-0.25, -0.2) is 4.85 Å². The van der Waals surface area contributed by atoms with E-state index in [9.17, 15) is 14.9 Å². The van der Waals surface area contributed by atoms with Crippen LogP contribution in [0.5, 0.6) is 0 Å². The van der Waals surface area contributed by atoms with Crippen molar-refractivity contribution in [2.75, 3.05) is 5.32 Å². The molecule has 1 aliphatic rings. The summed E-state index contributed by atoms with van der Waals surface area (Å²) in [5.41, 5.74) is 3.61. The molecular weight excluding hydrogens is 320 g/mol. The molecule has 0 aliphatic carbocycles. The van der Waals surface area contributed by atoms with E-state index in [0.717, 1.165) is 17.0 Å². The van der Waals surface area contributed by atoms with Crippen molar-refractivity contribution < 1.29 is 9.72 Å². The number of nitro groups is 1. The second-order valence-electron chi connectivity index (χ2n) is 5.63. The third-order valence-electron chi connectivity index (χ3n) is 3.87. The lowest BCUT2D eigenvalue weighted by Gasteiger charge is -2.05. The Morgan fingerprint density at radius 2 is 2.04 bits per heavy atom. The number of nitrogens with zero attached hydrogens (tertiary/aromatic N) is 3. The summed E-state index contributed by atoms with van der Waals surface area (Å²) in [7, 11) is 0. The third kappa shape index (κ3) is 3.87. The van der Waals surface area contributed by atoms with Crippen molar-refractivity contribution in [2.24, 2.45) is 4.99 Å². The molecule has 0 fully saturated rings. The van der Waals surface area contributed by atoms with Gasteiger partial charge in [-0.1, -0.05) is 12.1 Å². The van der Waals surface area contributed by atoms with Gasteiger partial charge in [-0.2, -0.15) is 0 Å². The normalized spacial score (nSPS) is 12.0. The molecular formula is C18H14N4O3. The molecule has 124 valence electrons. The Hall–Kier alpha value is -3.53. The fraction of sp³-hybridized carbons (Fsp3) is 0.167. The maximum atomic E-state index is 12.0. The first-order chi connectivity index (χ1) is 12.0. The van der Waals surface area contributed by atoms with Crippen LogP contribution in [0.1, 0.15) is 18.4 Å². The Balaban J connectivity index is 1.54.